The lowest BCUT2D eigenvalue weighted by Crippen LogP contribution is -2.01. The van der Waals surface area contributed by atoms with E-state index in [1.807, 2.05) is 25.1 Å². The first-order valence-corrected chi connectivity index (χ1v) is 4.77. The summed E-state index contributed by atoms with van der Waals surface area (Å²) in [4.78, 5) is 4.50. The maximum Gasteiger partial charge on any atom is 0.137 e. The van der Waals surface area contributed by atoms with Crippen LogP contribution in [0, 0.1) is 20.8 Å². The van der Waals surface area contributed by atoms with Crippen molar-refractivity contribution in [3.63, 3.8) is 0 Å². The highest BCUT2D eigenvalue weighted by molar-refractivity contribution is 5.85. The Bertz CT molecular complexity index is 441. The van der Waals surface area contributed by atoms with Crippen LogP contribution in [-0.2, 0) is 0 Å². The lowest BCUT2D eigenvalue weighted by Gasteiger charge is -2.08. The molecule has 0 N–H and O–H groups in total. The fraction of sp³-hybridized carbons (Fsp3) is 0.250. The van der Waals surface area contributed by atoms with Gasteiger partial charge in [0.2, 0.25) is 0 Å². The highest BCUT2D eigenvalue weighted by atomic mass is 35.5. The third kappa shape index (κ3) is 2.21. The number of aryl methyl sites for hydroxylation is 3. The van der Waals surface area contributed by atoms with Gasteiger partial charge in [0.15, 0.2) is 0 Å². The Morgan fingerprint density at radius 1 is 0.933 bits per heavy atom. The Kier molecular flexibility index (Phi) is 3.53. The van der Waals surface area contributed by atoms with E-state index in [4.69, 9.17) is 0 Å². The average molecular weight is 223 g/mol. The maximum atomic E-state index is 4.50. The van der Waals surface area contributed by atoms with Crippen molar-refractivity contribution in [1.82, 2.24) is 9.55 Å². The average Bonchev–Trinajstić information content (AvgIpc) is 2.46. The number of hydrogen-bond donors (Lipinski definition) is 0. The van der Waals surface area contributed by atoms with Crippen LogP contribution >= 0.6 is 12.4 Å². The Balaban J connectivity index is 0.00000112. The summed E-state index contributed by atoms with van der Waals surface area (Å²) in [6.45, 7) is 6.20. The Hall–Kier alpha value is -1.28. The molecule has 0 aliphatic heterocycles. The van der Waals surface area contributed by atoms with Crippen molar-refractivity contribution in [2.45, 2.75) is 20.8 Å². The van der Waals surface area contributed by atoms with Gasteiger partial charge in [-0.2, -0.15) is 0 Å². The Morgan fingerprint density at radius 3 is 2.07 bits per heavy atom. The molecule has 2 rings (SSSR count). The van der Waals surface area contributed by atoms with Crippen molar-refractivity contribution in [2.75, 3.05) is 0 Å². The minimum atomic E-state index is 0. The van der Waals surface area contributed by atoms with Gasteiger partial charge in [0.1, 0.15) is 5.82 Å². The number of rotatable bonds is 1. The standard InChI is InChI=1S/C12H14N2.ClH/c1-9-5-4-6-12(13-9)14-10(2)7-8-11(14)3;/h4-8H,1-3H3;1H. The van der Waals surface area contributed by atoms with Crippen LogP contribution in [0.1, 0.15) is 17.1 Å². The van der Waals surface area contributed by atoms with Crippen molar-refractivity contribution >= 4 is 12.4 Å². The summed E-state index contributed by atoms with van der Waals surface area (Å²) in [5.74, 6) is 1.00. The largest absolute Gasteiger partial charge is 0.303 e. The van der Waals surface area contributed by atoms with Crippen LogP contribution in [-0.4, -0.2) is 9.55 Å². The number of hydrogen-bond acceptors (Lipinski definition) is 1. The van der Waals surface area contributed by atoms with E-state index >= 15 is 0 Å². The zero-order valence-electron chi connectivity index (χ0n) is 9.19. The van der Waals surface area contributed by atoms with Crippen LogP contribution in [0.4, 0.5) is 0 Å². The third-order valence-electron chi connectivity index (χ3n) is 2.37. The van der Waals surface area contributed by atoms with Gasteiger partial charge >= 0.3 is 0 Å². The SMILES string of the molecule is Cc1cccc(-n2c(C)ccc2C)n1.Cl. The second-order valence-corrected chi connectivity index (χ2v) is 3.59. The monoisotopic (exact) mass is 222 g/mol. The van der Waals surface area contributed by atoms with E-state index in [0.29, 0.717) is 0 Å². The van der Waals surface area contributed by atoms with Crippen LogP contribution < -0.4 is 0 Å². The quantitative estimate of drug-likeness (QED) is 0.725. The van der Waals surface area contributed by atoms with Crippen molar-refractivity contribution in [2.24, 2.45) is 0 Å². The minimum absolute atomic E-state index is 0. The zero-order valence-corrected chi connectivity index (χ0v) is 10.0. The molecule has 3 heteroatoms. The third-order valence-corrected chi connectivity index (χ3v) is 2.37. The molecular weight excluding hydrogens is 208 g/mol. The van der Waals surface area contributed by atoms with E-state index in [-0.39, 0.29) is 12.4 Å². The molecule has 2 nitrogen and oxygen atoms in total. The summed E-state index contributed by atoms with van der Waals surface area (Å²) in [7, 11) is 0. The van der Waals surface area contributed by atoms with Crippen molar-refractivity contribution in [3.8, 4) is 5.82 Å². The van der Waals surface area contributed by atoms with Gasteiger partial charge < -0.3 is 4.57 Å². The number of aromatic nitrogens is 2. The van der Waals surface area contributed by atoms with Crippen LogP contribution in [0.3, 0.4) is 0 Å². The molecule has 0 spiro atoms. The van der Waals surface area contributed by atoms with E-state index < -0.39 is 0 Å². The predicted octanol–water partition coefficient (Wildman–Crippen LogP) is 3.22. The summed E-state index contributed by atoms with van der Waals surface area (Å²) in [6.07, 6.45) is 0. The van der Waals surface area contributed by atoms with Gasteiger partial charge in [-0.1, -0.05) is 6.07 Å². The van der Waals surface area contributed by atoms with Crippen molar-refractivity contribution in [1.29, 1.82) is 0 Å². The molecule has 0 bridgehead atoms. The summed E-state index contributed by atoms with van der Waals surface area (Å²) in [6, 6.07) is 10.3. The lowest BCUT2D eigenvalue weighted by molar-refractivity contribution is 0.912. The Morgan fingerprint density at radius 2 is 1.53 bits per heavy atom. The fourth-order valence-corrected chi connectivity index (χ4v) is 1.68. The maximum absolute atomic E-state index is 4.50. The van der Waals surface area contributed by atoms with Gasteiger partial charge in [0.05, 0.1) is 0 Å². The molecule has 0 saturated heterocycles. The Labute approximate surface area is 96.4 Å². The van der Waals surface area contributed by atoms with E-state index in [1.165, 1.54) is 11.4 Å². The molecule has 0 unspecified atom stereocenters. The summed E-state index contributed by atoms with van der Waals surface area (Å²) < 4.78 is 2.16. The zero-order chi connectivity index (χ0) is 10.1. The molecule has 2 heterocycles. The van der Waals surface area contributed by atoms with E-state index in [1.54, 1.807) is 0 Å². The van der Waals surface area contributed by atoms with Gasteiger partial charge in [-0.05, 0) is 45.0 Å². The van der Waals surface area contributed by atoms with Crippen molar-refractivity contribution < 1.29 is 0 Å². The molecule has 15 heavy (non-hydrogen) atoms. The first kappa shape index (κ1) is 11.8. The second kappa shape index (κ2) is 4.49. The first-order valence-electron chi connectivity index (χ1n) is 4.77. The van der Waals surface area contributed by atoms with Crippen LogP contribution in [0.5, 0.6) is 0 Å². The summed E-state index contributed by atoms with van der Waals surface area (Å²) >= 11 is 0. The summed E-state index contributed by atoms with van der Waals surface area (Å²) in [5.41, 5.74) is 3.50. The topological polar surface area (TPSA) is 17.8 Å². The molecule has 0 radical (unpaired) electrons. The molecule has 0 saturated carbocycles. The van der Waals surface area contributed by atoms with Gasteiger partial charge in [-0.15, -0.1) is 12.4 Å². The molecule has 2 aromatic heterocycles. The highest BCUT2D eigenvalue weighted by Gasteiger charge is 2.03. The first-order chi connectivity index (χ1) is 6.68. The van der Waals surface area contributed by atoms with Crippen LogP contribution in [0.25, 0.3) is 5.82 Å². The molecule has 0 atom stereocenters. The normalized spacial score (nSPS) is 9.80. The van der Waals surface area contributed by atoms with Crippen LogP contribution in [0.2, 0.25) is 0 Å². The molecule has 0 fully saturated rings. The predicted molar refractivity (Wildman–Crippen MR) is 65.0 cm³/mol. The summed E-state index contributed by atoms with van der Waals surface area (Å²) in [5, 5.41) is 0. The van der Waals surface area contributed by atoms with Crippen molar-refractivity contribution in [3.05, 3.63) is 47.4 Å². The van der Waals surface area contributed by atoms with E-state index in [0.717, 1.165) is 11.5 Å². The number of nitrogens with zero attached hydrogens (tertiary/aromatic N) is 2. The minimum Gasteiger partial charge on any atom is -0.303 e. The van der Waals surface area contributed by atoms with Gasteiger partial charge in [0.25, 0.3) is 0 Å². The molecular formula is C12H15ClN2. The highest BCUT2D eigenvalue weighted by Crippen LogP contribution is 2.14. The number of halogens is 1. The van der Waals surface area contributed by atoms with E-state index in [2.05, 4.69) is 35.5 Å². The van der Waals surface area contributed by atoms with Gasteiger partial charge in [0, 0.05) is 17.1 Å². The van der Waals surface area contributed by atoms with Gasteiger partial charge in [-0.25, -0.2) is 4.98 Å². The van der Waals surface area contributed by atoms with Gasteiger partial charge in [-0.3, -0.25) is 0 Å². The molecule has 2 aromatic rings. The second-order valence-electron chi connectivity index (χ2n) is 3.59. The van der Waals surface area contributed by atoms with Crippen LogP contribution in [0.15, 0.2) is 30.3 Å². The van der Waals surface area contributed by atoms with E-state index in [9.17, 15) is 0 Å². The molecule has 0 amide bonds. The fourth-order valence-electron chi connectivity index (χ4n) is 1.68. The smallest absolute Gasteiger partial charge is 0.137 e. The number of pyridine rings is 1. The molecule has 0 aliphatic rings. The molecule has 0 aliphatic carbocycles. The lowest BCUT2D eigenvalue weighted by atomic mass is 10.3. The molecule has 0 aromatic carbocycles. The molecule has 80 valence electrons.